The number of hydrogen-bond donors (Lipinski definition) is 5. The van der Waals surface area contributed by atoms with E-state index in [0.29, 0.717) is 6.29 Å². The first kappa shape index (κ1) is 32.8. The summed E-state index contributed by atoms with van der Waals surface area (Å²) in [7, 11) is -3.87. The van der Waals surface area contributed by atoms with Crippen molar-refractivity contribution in [1.29, 1.82) is 0 Å². The second-order valence-electron chi connectivity index (χ2n) is 11.6. The van der Waals surface area contributed by atoms with Gasteiger partial charge in [0.2, 0.25) is 5.52 Å². The van der Waals surface area contributed by atoms with Crippen molar-refractivity contribution in [2.24, 2.45) is 5.73 Å². The molecule has 45 heavy (non-hydrogen) atoms. The van der Waals surface area contributed by atoms with Crippen molar-refractivity contribution in [2.75, 3.05) is 13.3 Å². The molecule has 0 spiro atoms. The minimum atomic E-state index is -3.87. The van der Waals surface area contributed by atoms with Crippen LogP contribution in [0.4, 0.5) is 0 Å². The summed E-state index contributed by atoms with van der Waals surface area (Å²) in [6, 6.07) is 3.17. The molecule has 0 bridgehead atoms. The molecule has 0 amide bonds. The van der Waals surface area contributed by atoms with E-state index in [1.165, 1.54) is 25.1 Å². The Balaban J connectivity index is 1.64. The van der Waals surface area contributed by atoms with E-state index in [9.17, 15) is 49.0 Å². The van der Waals surface area contributed by atoms with Gasteiger partial charge in [0.25, 0.3) is 7.37 Å². The maximum atomic E-state index is 13.7. The largest absolute Gasteiger partial charge is 0.507 e. The maximum absolute atomic E-state index is 13.7. The van der Waals surface area contributed by atoms with Crippen molar-refractivity contribution < 1.29 is 63.0 Å². The Morgan fingerprint density at radius 2 is 1.82 bits per heavy atom. The van der Waals surface area contributed by atoms with Crippen LogP contribution in [-0.4, -0.2) is 93.0 Å². The van der Waals surface area contributed by atoms with Crippen LogP contribution >= 0.6 is 7.37 Å². The number of aliphatic hydroxyl groups is 2. The molecular weight excluding hydrogens is 613 g/mol. The minimum Gasteiger partial charge on any atom is -0.507 e. The standard InChI is InChI=1S/C30H32NO13P/c1-12-25(35)17(31)7-20(43-12)44-18-9-30(40,19(34)11-42-45(3,41)13(2)33)8-16-22(18)29(39)24-23(27(16)37)26(36)15-6-4-5-14(10-32)21(15)28(24)38/h4-6,10,12,17-18,20,25,35,37,39-40H,7-9,11,31H2,1-3H3/t12?,17?,18-,20?,25?,30-,45?/m0/s1. The number of phenolic OH excluding ortho intramolecular Hbond substituents is 2. The molecule has 0 aromatic heterocycles. The number of aliphatic hydroxyl groups excluding tert-OH is 1. The summed E-state index contributed by atoms with van der Waals surface area (Å²) in [4.78, 5) is 64.1. The molecule has 7 atom stereocenters. The van der Waals surface area contributed by atoms with Gasteiger partial charge < -0.3 is 40.2 Å². The summed E-state index contributed by atoms with van der Waals surface area (Å²) in [5.74, 6) is -4.44. The van der Waals surface area contributed by atoms with Gasteiger partial charge in [-0.25, -0.2) is 0 Å². The maximum Gasteiger partial charge on any atom is 0.263 e. The molecule has 5 rings (SSSR count). The Bertz CT molecular complexity index is 1690. The van der Waals surface area contributed by atoms with Gasteiger partial charge in [0, 0.05) is 66.7 Å². The number of phenols is 2. The molecule has 1 saturated heterocycles. The normalized spacial score (nSPS) is 28.8. The molecule has 5 unspecified atom stereocenters. The van der Waals surface area contributed by atoms with Crippen molar-refractivity contribution in [3.63, 3.8) is 0 Å². The van der Waals surface area contributed by atoms with Crippen LogP contribution in [0.25, 0.3) is 0 Å². The number of nitrogens with two attached hydrogens (primary N) is 1. The molecule has 240 valence electrons. The van der Waals surface area contributed by atoms with E-state index in [-0.39, 0.29) is 34.2 Å². The number of Topliss-reactive ketones (excluding diaryl/α,β-unsaturated/α-hetero) is 1. The third kappa shape index (κ3) is 5.46. The summed E-state index contributed by atoms with van der Waals surface area (Å²) < 4.78 is 29.3. The van der Waals surface area contributed by atoms with Gasteiger partial charge in [-0.05, 0) is 6.92 Å². The van der Waals surface area contributed by atoms with Crippen LogP contribution in [-0.2, 0) is 34.6 Å². The van der Waals surface area contributed by atoms with Crippen molar-refractivity contribution in [2.45, 2.75) is 69.4 Å². The van der Waals surface area contributed by atoms with E-state index in [0.717, 1.165) is 13.6 Å². The van der Waals surface area contributed by atoms with Gasteiger partial charge in [-0.2, -0.15) is 0 Å². The molecule has 2 aromatic carbocycles. The van der Waals surface area contributed by atoms with Gasteiger partial charge in [0.15, 0.2) is 29.9 Å². The van der Waals surface area contributed by atoms with E-state index in [4.69, 9.17) is 19.7 Å². The molecule has 2 aliphatic carbocycles. The number of ether oxygens (including phenoxy) is 2. The number of carbonyl (C=O) groups excluding carboxylic acids is 5. The molecule has 1 fully saturated rings. The lowest BCUT2D eigenvalue weighted by Gasteiger charge is -2.42. The number of ketones is 3. The van der Waals surface area contributed by atoms with Gasteiger partial charge in [-0.1, -0.05) is 18.2 Å². The Morgan fingerprint density at radius 3 is 2.44 bits per heavy atom. The van der Waals surface area contributed by atoms with E-state index < -0.39 is 109 Å². The smallest absolute Gasteiger partial charge is 0.263 e. The highest BCUT2D eigenvalue weighted by Gasteiger charge is 2.50. The summed E-state index contributed by atoms with van der Waals surface area (Å²) in [5, 5.41) is 45.0. The number of rotatable bonds is 8. The third-order valence-corrected chi connectivity index (χ3v) is 10.4. The first-order valence-electron chi connectivity index (χ1n) is 14.0. The summed E-state index contributed by atoms with van der Waals surface area (Å²) in [6.07, 6.45) is -5.46. The van der Waals surface area contributed by atoms with Crippen molar-refractivity contribution in [3.05, 3.63) is 57.1 Å². The molecular formula is C30H32NO13P. The Morgan fingerprint density at radius 1 is 1.16 bits per heavy atom. The van der Waals surface area contributed by atoms with Crippen LogP contribution in [0.15, 0.2) is 18.2 Å². The highest BCUT2D eigenvalue weighted by atomic mass is 31.2. The number of hydrogen-bond acceptors (Lipinski definition) is 14. The lowest BCUT2D eigenvalue weighted by Crippen LogP contribution is -2.53. The predicted molar refractivity (Wildman–Crippen MR) is 154 cm³/mol. The summed E-state index contributed by atoms with van der Waals surface area (Å²) in [6.45, 7) is 2.61. The lowest BCUT2D eigenvalue weighted by atomic mass is 9.71. The predicted octanol–water partition coefficient (Wildman–Crippen LogP) is 1.28. The van der Waals surface area contributed by atoms with Crippen LogP contribution < -0.4 is 5.73 Å². The zero-order valence-corrected chi connectivity index (χ0v) is 25.4. The quantitative estimate of drug-likeness (QED) is 0.132. The van der Waals surface area contributed by atoms with Crippen LogP contribution in [0.2, 0.25) is 0 Å². The SMILES string of the molecule is CC(=O)P(C)(=O)OCC(=O)[C@]1(O)Cc2c(O)c3c(c(O)c2[C@@H](OC2CC(N)C(O)C(C)O2)C1)C(=O)c1c(C=O)cccc1C3=O. The number of carbonyl (C=O) groups is 5. The van der Waals surface area contributed by atoms with Crippen molar-refractivity contribution in [1.82, 2.24) is 0 Å². The van der Waals surface area contributed by atoms with Crippen LogP contribution in [0.3, 0.4) is 0 Å². The lowest BCUT2D eigenvalue weighted by molar-refractivity contribution is -0.247. The monoisotopic (exact) mass is 645 g/mol. The first-order chi connectivity index (χ1) is 21.0. The zero-order valence-electron chi connectivity index (χ0n) is 24.5. The molecule has 2 aromatic rings. The van der Waals surface area contributed by atoms with E-state index in [1.807, 2.05) is 0 Å². The van der Waals surface area contributed by atoms with Crippen LogP contribution in [0, 0.1) is 0 Å². The molecule has 1 heterocycles. The number of aldehydes is 1. The van der Waals surface area contributed by atoms with Gasteiger partial charge in [-0.15, -0.1) is 0 Å². The molecule has 14 nitrogen and oxygen atoms in total. The fourth-order valence-corrected chi connectivity index (χ4v) is 6.54. The van der Waals surface area contributed by atoms with Gasteiger partial charge in [-0.3, -0.25) is 28.5 Å². The summed E-state index contributed by atoms with van der Waals surface area (Å²) in [5.41, 5.74) is 0.514. The van der Waals surface area contributed by atoms with Crippen molar-refractivity contribution >= 4 is 36.5 Å². The second kappa shape index (κ2) is 11.6. The third-order valence-electron chi connectivity index (χ3n) is 8.65. The van der Waals surface area contributed by atoms with Gasteiger partial charge in [0.05, 0.1) is 29.4 Å². The van der Waals surface area contributed by atoms with Crippen molar-refractivity contribution in [3.8, 4) is 11.5 Å². The minimum absolute atomic E-state index is 0.0599. The number of aromatic hydroxyl groups is 2. The Kier molecular flexibility index (Phi) is 8.47. The Labute approximate surface area is 256 Å². The number of benzene rings is 2. The summed E-state index contributed by atoms with van der Waals surface area (Å²) >= 11 is 0. The highest BCUT2D eigenvalue weighted by molar-refractivity contribution is 7.75. The average molecular weight is 646 g/mol. The first-order valence-corrected chi connectivity index (χ1v) is 16.1. The topological polar surface area (TPSA) is 237 Å². The molecule has 3 aliphatic rings. The molecule has 0 saturated carbocycles. The molecule has 0 radical (unpaired) electrons. The van der Waals surface area contributed by atoms with Gasteiger partial charge in [0.1, 0.15) is 23.7 Å². The van der Waals surface area contributed by atoms with E-state index >= 15 is 0 Å². The van der Waals surface area contributed by atoms with Crippen LogP contribution in [0.1, 0.15) is 86.1 Å². The highest BCUT2D eigenvalue weighted by Crippen LogP contribution is 2.52. The van der Waals surface area contributed by atoms with E-state index in [1.54, 1.807) is 0 Å². The number of fused-ring (bicyclic) bond motifs is 3. The van der Waals surface area contributed by atoms with Gasteiger partial charge >= 0.3 is 0 Å². The second-order valence-corrected chi connectivity index (χ2v) is 14.2. The Hall–Kier alpha value is -3.62. The molecule has 1 aliphatic heterocycles. The fourth-order valence-electron chi connectivity index (χ4n) is 6.00. The average Bonchev–Trinajstić information content (AvgIpc) is 2.98. The fraction of sp³-hybridized carbons (Fsp3) is 0.433. The van der Waals surface area contributed by atoms with E-state index in [2.05, 4.69) is 0 Å². The molecule has 15 heteroatoms. The molecule has 6 N–H and O–H groups in total. The van der Waals surface area contributed by atoms with Crippen LogP contribution in [0.5, 0.6) is 11.5 Å². The zero-order chi connectivity index (χ0) is 33.2.